The van der Waals surface area contributed by atoms with Crippen molar-refractivity contribution >= 4 is 40.1 Å². The zero-order valence-corrected chi connectivity index (χ0v) is 22.4. The minimum Gasteiger partial charge on any atom is -0.369 e. The summed E-state index contributed by atoms with van der Waals surface area (Å²) in [5.41, 5.74) is 6.36. The number of carbonyl (C=O) groups excluding carboxylic acids is 2. The van der Waals surface area contributed by atoms with Gasteiger partial charge in [0, 0.05) is 60.4 Å². The number of nitrogens with one attached hydrogen (secondary N) is 3. The second kappa shape index (κ2) is 10.9. The summed E-state index contributed by atoms with van der Waals surface area (Å²) in [4.78, 5) is 31.0. The molecule has 0 unspecified atom stereocenters. The Hall–Kier alpha value is -4.10. The number of piperazine rings is 1. The monoisotopic (exact) mass is 521 g/mol. The Labute approximate surface area is 229 Å². The Morgan fingerprint density at radius 1 is 0.872 bits per heavy atom. The Morgan fingerprint density at radius 2 is 1.59 bits per heavy atom. The first kappa shape index (κ1) is 25.2. The van der Waals surface area contributed by atoms with Crippen molar-refractivity contribution in [2.45, 2.75) is 31.7 Å². The van der Waals surface area contributed by atoms with Gasteiger partial charge in [0.25, 0.3) is 11.8 Å². The third-order valence-electron chi connectivity index (χ3n) is 8.03. The van der Waals surface area contributed by atoms with Gasteiger partial charge in [0.2, 0.25) is 0 Å². The highest BCUT2D eigenvalue weighted by molar-refractivity contribution is 6.37. The number of hydrogen-bond acceptors (Lipinski definition) is 5. The van der Waals surface area contributed by atoms with E-state index in [9.17, 15) is 9.59 Å². The molecule has 0 aromatic heterocycles. The molecule has 1 saturated heterocycles. The lowest BCUT2D eigenvalue weighted by atomic mass is 9.98. The first-order valence-electron chi connectivity index (χ1n) is 13.9. The molecule has 6 rings (SSSR count). The summed E-state index contributed by atoms with van der Waals surface area (Å²) < 4.78 is 0. The number of hydrogen-bond donors (Lipinski definition) is 3. The summed E-state index contributed by atoms with van der Waals surface area (Å²) in [6, 6.07) is 24.1. The summed E-state index contributed by atoms with van der Waals surface area (Å²) >= 11 is 0. The van der Waals surface area contributed by atoms with Crippen molar-refractivity contribution in [3.05, 3.63) is 89.5 Å². The second-order valence-electron chi connectivity index (χ2n) is 10.7. The van der Waals surface area contributed by atoms with E-state index in [0.717, 1.165) is 74.4 Å². The highest BCUT2D eigenvalue weighted by atomic mass is 16.2. The molecule has 1 saturated carbocycles. The van der Waals surface area contributed by atoms with Crippen LogP contribution in [-0.2, 0) is 4.79 Å². The number of amides is 2. The SMILES string of the molecule is CN1CCN(c2ccc(N/C(=C3\C(=O)Nc4cc(C(=O)NC5CCCC5)ccc43)c3ccccc3)cc2)CC1. The first-order chi connectivity index (χ1) is 19.0. The Bertz CT molecular complexity index is 1390. The van der Waals surface area contributed by atoms with E-state index >= 15 is 0 Å². The molecular formula is C32H35N5O2. The molecule has 200 valence electrons. The van der Waals surface area contributed by atoms with Gasteiger partial charge in [-0.05, 0) is 61.9 Å². The molecular weight excluding hydrogens is 486 g/mol. The van der Waals surface area contributed by atoms with Crippen molar-refractivity contribution in [2.75, 3.05) is 48.8 Å². The van der Waals surface area contributed by atoms with E-state index in [1.807, 2.05) is 42.5 Å². The van der Waals surface area contributed by atoms with Crippen molar-refractivity contribution in [3.63, 3.8) is 0 Å². The number of anilines is 3. The van der Waals surface area contributed by atoms with Gasteiger partial charge < -0.3 is 25.8 Å². The van der Waals surface area contributed by atoms with Crippen molar-refractivity contribution in [2.24, 2.45) is 0 Å². The van der Waals surface area contributed by atoms with Crippen LogP contribution in [-0.4, -0.2) is 56.0 Å². The van der Waals surface area contributed by atoms with Gasteiger partial charge in [0.05, 0.1) is 11.3 Å². The van der Waals surface area contributed by atoms with Crippen molar-refractivity contribution in [1.82, 2.24) is 10.2 Å². The van der Waals surface area contributed by atoms with Crippen LogP contribution in [0.25, 0.3) is 11.3 Å². The predicted octanol–water partition coefficient (Wildman–Crippen LogP) is 5.04. The molecule has 0 bridgehead atoms. The van der Waals surface area contributed by atoms with Crippen LogP contribution < -0.4 is 20.9 Å². The maximum Gasteiger partial charge on any atom is 0.258 e. The molecule has 7 nitrogen and oxygen atoms in total. The largest absolute Gasteiger partial charge is 0.369 e. The molecule has 0 radical (unpaired) electrons. The minimum atomic E-state index is -0.182. The van der Waals surface area contributed by atoms with Gasteiger partial charge in [0.15, 0.2) is 0 Å². The van der Waals surface area contributed by atoms with Crippen molar-refractivity contribution in [3.8, 4) is 0 Å². The lowest BCUT2D eigenvalue weighted by molar-refractivity contribution is -0.110. The van der Waals surface area contributed by atoms with Gasteiger partial charge in [-0.3, -0.25) is 9.59 Å². The third-order valence-corrected chi connectivity index (χ3v) is 8.03. The van der Waals surface area contributed by atoms with E-state index in [4.69, 9.17) is 0 Å². The van der Waals surface area contributed by atoms with Crippen molar-refractivity contribution in [1.29, 1.82) is 0 Å². The molecule has 3 aliphatic rings. The van der Waals surface area contributed by atoms with Crippen LogP contribution in [0, 0.1) is 0 Å². The lowest BCUT2D eigenvalue weighted by Crippen LogP contribution is -2.44. The molecule has 3 aromatic carbocycles. The molecule has 0 atom stereocenters. The normalized spacial score (nSPS) is 19.0. The van der Waals surface area contributed by atoms with E-state index < -0.39 is 0 Å². The van der Waals surface area contributed by atoms with Crippen LogP contribution in [0.1, 0.15) is 47.2 Å². The maximum absolute atomic E-state index is 13.4. The van der Waals surface area contributed by atoms with E-state index in [-0.39, 0.29) is 17.9 Å². The van der Waals surface area contributed by atoms with E-state index in [0.29, 0.717) is 16.8 Å². The number of nitrogens with zero attached hydrogens (tertiary/aromatic N) is 2. The van der Waals surface area contributed by atoms with Gasteiger partial charge in [-0.25, -0.2) is 0 Å². The fourth-order valence-corrected chi connectivity index (χ4v) is 5.75. The smallest absolute Gasteiger partial charge is 0.258 e. The molecule has 2 aliphatic heterocycles. The van der Waals surface area contributed by atoms with Crippen LogP contribution in [0.3, 0.4) is 0 Å². The van der Waals surface area contributed by atoms with E-state index in [1.54, 1.807) is 6.07 Å². The topological polar surface area (TPSA) is 76.7 Å². The molecule has 3 aromatic rings. The maximum atomic E-state index is 13.4. The molecule has 2 amide bonds. The standard InChI is InChI=1S/C32H35N5O2/c1-36-17-19-37(20-18-36)26-14-12-25(13-15-26)33-30(22-7-3-2-4-8-22)29-27-16-11-23(21-28(27)35-32(29)39)31(38)34-24-9-5-6-10-24/h2-4,7-8,11-16,21,24,33H,5-6,9-10,17-20H2,1H3,(H,34,38)(H,35,39)/b30-29-. The van der Waals surface area contributed by atoms with Crippen LogP contribution in [0.15, 0.2) is 72.8 Å². The summed E-state index contributed by atoms with van der Waals surface area (Å²) in [6.45, 7) is 4.14. The molecule has 3 N–H and O–H groups in total. The predicted molar refractivity (Wildman–Crippen MR) is 158 cm³/mol. The minimum absolute atomic E-state index is 0.0850. The molecule has 2 fully saturated rings. The number of carbonyl (C=O) groups is 2. The van der Waals surface area contributed by atoms with E-state index in [1.165, 1.54) is 5.69 Å². The van der Waals surface area contributed by atoms with Gasteiger partial charge >= 0.3 is 0 Å². The summed E-state index contributed by atoms with van der Waals surface area (Å²) in [5.74, 6) is -0.267. The van der Waals surface area contributed by atoms with Crippen LogP contribution in [0.4, 0.5) is 17.1 Å². The third kappa shape index (κ3) is 5.40. The summed E-state index contributed by atoms with van der Waals surface area (Å²) in [6.07, 6.45) is 4.38. The second-order valence-corrected chi connectivity index (χ2v) is 10.7. The Morgan fingerprint density at radius 3 is 2.31 bits per heavy atom. The highest BCUT2D eigenvalue weighted by Gasteiger charge is 2.30. The van der Waals surface area contributed by atoms with Gasteiger partial charge in [-0.2, -0.15) is 0 Å². The molecule has 1 aliphatic carbocycles. The number of rotatable bonds is 6. The van der Waals surface area contributed by atoms with Gasteiger partial charge in [-0.1, -0.05) is 49.2 Å². The van der Waals surface area contributed by atoms with Crippen LogP contribution >= 0.6 is 0 Å². The highest BCUT2D eigenvalue weighted by Crippen LogP contribution is 2.38. The molecule has 0 spiro atoms. The molecule has 7 heteroatoms. The summed E-state index contributed by atoms with van der Waals surface area (Å²) in [5, 5.41) is 9.68. The lowest BCUT2D eigenvalue weighted by Gasteiger charge is -2.34. The zero-order valence-electron chi connectivity index (χ0n) is 22.4. The fraction of sp³-hybridized carbons (Fsp3) is 0.312. The van der Waals surface area contributed by atoms with E-state index in [2.05, 4.69) is 57.1 Å². The quantitative estimate of drug-likeness (QED) is 0.396. The molecule has 2 heterocycles. The first-order valence-corrected chi connectivity index (χ1v) is 13.9. The Balaban J connectivity index is 1.30. The zero-order chi connectivity index (χ0) is 26.8. The van der Waals surface area contributed by atoms with Gasteiger partial charge in [-0.15, -0.1) is 0 Å². The number of benzene rings is 3. The average Bonchev–Trinajstić information content (AvgIpc) is 3.59. The Kier molecular flexibility index (Phi) is 7.07. The molecule has 39 heavy (non-hydrogen) atoms. The van der Waals surface area contributed by atoms with Crippen molar-refractivity contribution < 1.29 is 9.59 Å². The van der Waals surface area contributed by atoms with Gasteiger partial charge in [0.1, 0.15) is 0 Å². The number of likely N-dealkylation sites (N-methyl/N-ethyl adjacent to an activating group) is 1. The number of fused-ring (bicyclic) bond motifs is 1. The van der Waals surface area contributed by atoms with Crippen LogP contribution in [0.5, 0.6) is 0 Å². The van der Waals surface area contributed by atoms with Crippen LogP contribution in [0.2, 0.25) is 0 Å². The summed E-state index contributed by atoms with van der Waals surface area (Å²) in [7, 11) is 2.16. The average molecular weight is 522 g/mol. The fourth-order valence-electron chi connectivity index (χ4n) is 5.75.